The number of aromatic nitrogens is 4. The number of rotatable bonds is 27. The third kappa shape index (κ3) is 30.1. The van der Waals surface area contributed by atoms with Crippen LogP contribution >= 0.6 is 11.8 Å². The lowest BCUT2D eigenvalue weighted by Crippen LogP contribution is -2.61. The van der Waals surface area contributed by atoms with E-state index in [1.807, 2.05) is 13.8 Å². The summed E-state index contributed by atoms with van der Waals surface area (Å²) >= 11 is 0.835. The van der Waals surface area contributed by atoms with Gasteiger partial charge in [0, 0.05) is 126 Å². The van der Waals surface area contributed by atoms with E-state index in [0.717, 1.165) is 31.4 Å². The Kier molecular flexibility index (Phi) is 40.0. The smallest absolute Gasteiger partial charge is 0.246 e. The number of para-hydroxylation sites is 2. The SMILES string of the molecule is CCCC[C@H]1C(=O)N(C)[C@@H](CCCC)C(=O)N[C@@H](CCCNC(=N)N)C(=O)N[C@H](C(=O)CCC(N)=O)CSCC(=O)N[C@@H](Cc2ccccc2)C(=O)N(C)[C@@H](C)C(=O)N[C@@H](CC(N)=O)C(=O)N2CCC[C@H]2C(=O)N[C@@H](Cc2c[nH]cn2)C(=O)N[C@@H](CC(C)C)C(=O)N(C)CC(=O)N[C@@H](Cc2c[nH]c3ccccc23)C(=O)N[C@@H](CO)C(=O)N[C@@H](Cc2c[nH]c3ccccc23)C(=O)N1C. The molecule has 2 aliphatic heterocycles. The second-order valence-corrected chi connectivity index (χ2v) is 34.9. The highest BCUT2D eigenvalue weighted by atomic mass is 32.2. The molecule has 0 radical (unpaired) electrons. The van der Waals surface area contributed by atoms with Gasteiger partial charge in [-0.05, 0) is 86.6 Å². The van der Waals surface area contributed by atoms with E-state index in [1.165, 1.54) is 52.5 Å². The summed E-state index contributed by atoms with van der Waals surface area (Å²) in [6.45, 7) is 6.67. The number of primary amides is 2. The highest BCUT2D eigenvalue weighted by Crippen LogP contribution is 2.26. The summed E-state index contributed by atoms with van der Waals surface area (Å²) < 4.78 is 0. The Morgan fingerprint density at radius 3 is 1.67 bits per heavy atom. The molecule has 0 spiro atoms. The zero-order valence-corrected chi connectivity index (χ0v) is 76.9. The molecule has 2 fully saturated rings. The molecule has 41 nitrogen and oxygen atoms in total. The molecule has 16 amide bonds. The molecule has 3 aromatic heterocycles. The number of ketones is 1. The predicted molar refractivity (Wildman–Crippen MR) is 491 cm³/mol. The molecular weight excluding hydrogens is 1720 g/mol. The maximum Gasteiger partial charge on any atom is 0.246 e. The molecule has 21 N–H and O–H groups in total. The lowest BCUT2D eigenvalue weighted by molar-refractivity contribution is -0.149. The fraction of sp³-hybridized carbons (Fsp3) is 0.522. The highest BCUT2D eigenvalue weighted by Gasteiger charge is 2.44. The Balaban J connectivity index is 1.18. The molecule has 132 heavy (non-hydrogen) atoms. The molecule has 716 valence electrons. The number of carbonyl (C=O) groups is 17. The molecule has 2 saturated heterocycles. The number of unbranched alkanes of at least 4 members (excludes halogenated alkanes) is 2. The van der Waals surface area contributed by atoms with Crippen LogP contribution in [0.3, 0.4) is 0 Å². The van der Waals surface area contributed by atoms with Gasteiger partial charge in [-0.15, -0.1) is 11.8 Å². The van der Waals surface area contributed by atoms with Gasteiger partial charge in [0.2, 0.25) is 94.5 Å². The number of imidazole rings is 1. The van der Waals surface area contributed by atoms with Crippen LogP contribution in [0.25, 0.3) is 21.8 Å². The van der Waals surface area contributed by atoms with E-state index in [2.05, 4.69) is 73.1 Å². The first-order valence-corrected chi connectivity index (χ1v) is 45.6. The molecule has 0 saturated carbocycles. The number of aromatic amines is 3. The van der Waals surface area contributed by atoms with Crippen molar-refractivity contribution in [3.63, 3.8) is 0 Å². The molecule has 6 aromatic rings. The average molecular weight is 1850 g/mol. The van der Waals surface area contributed by atoms with E-state index >= 15 is 24.0 Å². The average Bonchev–Trinajstić information content (AvgIpc) is 1.48. The largest absolute Gasteiger partial charge is 0.394 e. The number of hydrogen-bond donors (Lipinski definition) is 18. The van der Waals surface area contributed by atoms with Gasteiger partial charge in [-0.3, -0.25) is 86.9 Å². The minimum absolute atomic E-state index is 0.00694. The van der Waals surface area contributed by atoms with Crippen molar-refractivity contribution < 1.29 is 86.6 Å². The molecule has 0 aliphatic carbocycles. The zero-order chi connectivity index (χ0) is 96.6. The second-order valence-electron chi connectivity index (χ2n) is 33.9. The Hall–Kier alpha value is -13.3. The van der Waals surface area contributed by atoms with E-state index in [0.29, 0.717) is 64.2 Å². The van der Waals surface area contributed by atoms with Crippen molar-refractivity contribution in [1.29, 1.82) is 5.41 Å². The first-order chi connectivity index (χ1) is 62.9. The van der Waals surface area contributed by atoms with Crippen LogP contribution < -0.4 is 70.4 Å². The van der Waals surface area contributed by atoms with Crippen LogP contribution in [0, 0.1) is 11.3 Å². The number of carbonyl (C=O) groups excluding carboxylic acids is 17. The van der Waals surface area contributed by atoms with Crippen molar-refractivity contribution in [2.75, 3.05) is 65.9 Å². The molecule has 0 unspecified atom stereocenters. The van der Waals surface area contributed by atoms with Crippen LogP contribution in [0.1, 0.15) is 147 Å². The number of nitrogens with zero attached hydrogens (tertiary/aromatic N) is 6. The van der Waals surface area contributed by atoms with Gasteiger partial charge in [0.25, 0.3) is 0 Å². The quantitative estimate of drug-likeness (QED) is 0.0169. The number of amides is 16. The number of thioether (sulfide) groups is 1. The van der Waals surface area contributed by atoms with Crippen molar-refractivity contribution in [2.24, 2.45) is 23.1 Å². The van der Waals surface area contributed by atoms with Crippen molar-refractivity contribution in [3.8, 4) is 0 Å². The van der Waals surface area contributed by atoms with Gasteiger partial charge in [-0.25, -0.2) is 4.98 Å². The summed E-state index contributed by atoms with van der Waals surface area (Å²) in [7, 11) is 5.27. The number of H-pyrrole nitrogens is 3. The number of aliphatic hydroxyl groups excluding tert-OH is 1. The summed E-state index contributed by atoms with van der Waals surface area (Å²) in [5.41, 5.74) is 20.1. The highest BCUT2D eigenvalue weighted by molar-refractivity contribution is 8.00. The third-order valence-corrected chi connectivity index (χ3v) is 24.4. The van der Waals surface area contributed by atoms with Crippen LogP contribution in [0.5, 0.6) is 0 Å². The molecule has 5 heterocycles. The number of guanidine groups is 1. The summed E-state index contributed by atoms with van der Waals surface area (Å²) in [6.07, 6.45) is 5.22. The van der Waals surface area contributed by atoms with Gasteiger partial charge in [0.15, 0.2) is 11.7 Å². The van der Waals surface area contributed by atoms with Crippen molar-refractivity contribution >= 4 is 140 Å². The Bertz CT molecular complexity index is 5050. The minimum atomic E-state index is -1.85. The van der Waals surface area contributed by atoms with E-state index in [9.17, 15) is 62.6 Å². The number of fused-ring (bicyclic) bond motifs is 3. The van der Waals surface area contributed by atoms with Gasteiger partial charge in [0.05, 0.1) is 43.4 Å². The minimum Gasteiger partial charge on any atom is -0.394 e. The summed E-state index contributed by atoms with van der Waals surface area (Å²) in [6, 6.07) is 3.13. The van der Waals surface area contributed by atoms with Gasteiger partial charge in [-0.2, -0.15) is 0 Å². The van der Waals surface area contributed by atoms with Crippen LogP contribution in [-0.4, -0.2) is 300 Å². The number of benzene rings is 3. The number of nitrogens with one attached hydrogen (secondary N) is 14. The Morgan fingerprint density at radius 2 is 1.08 bits per heavy atom. The van der Waals surface area contributed by atoms with E-state index in [-0.39, 0.29) is 101 Å². The fourth-order valence-electron chi connectivity index (χ4n) is 15.9. The predicted octanol–water partition coefficient (Wildman–Crippen LogP) is -0.905. The maximum atomic E-state index is 15.7. The van der Waals surface area contributed by atoms with Crippen molar-refractivity contribution in [1.82, 2.24) is 97.6 Å². The van der Waals surface area contributed by atoms with E-state index in [1.54, 1.807) is 105 Å². The molecular formula is C90H127N23O18S. The summed E-state index contributed by atoms with van der Waals surface area (Å²) in [5.74, 6) is -16.5. The molecule has 3 aromatic carbocycles. The normalized spacial score (nSPS) is 23.5. The summed E-state index contributed by atoms with van der Waals surface area (Å²) in [5, 5.41) is 47.2. The molecule has 8 rings (SSSR count). The number of likely N-dealkylation sites (N-methyl/N-ethyl adjacent to an activating group) is 4. The number of aliphatic hydroxyl groups is 1. The van der Waals surface area contributed by atoms with Crippen LogP contribution in [0.4, 0.5) is 0 Å². The lowest BCUT2D eigenvalue weighted by atomic mass is 10.00. The van der Waals surface area contributed by atoms with Crippen molar-refractivity contribution in [3.05, 3.63) is 126 Å². The second kappa shape index (κ2) is 50.8. The molecule has 42 heteroatoms. The van der Waals surface area contributed by atoms with Crippen molar-refractivity contribution in [2.45, 2.75) is 229 Å². The van der Waals surface area contributed by atoms with E-state index < -0.39 is 223 Å². The Labute approximate surface area is 769 Å². The number of nitrogens with two attached hydrogens (primary N) is 3. The number of hydrogen-bond acceptors (Lipinski definition) is 21. The van der Waals surface area contributed by atoms with Crippen LogP contribution in [0.2, 0.25) is 0 Å². The third-order valence-electron chi connectivity index (χ3n) is 23.4. The van der Waals surface area contributed by atoms with Crippen LogP contribution in [-0.2, 0) is 107 Å². The maximum absolute atomic E-state index is 15.7. The van der Waals surface area contributed by atoms with Gasteiger partial charge >= 0.3 is 0 Å². The first kappa shape index (κ1) is 104. The zero-order valence-electron chi connectivity index (χ0n) is 76.1. The Morgan fingerprint density at radius 1 is 0.538 bits per heavy atom. The topological polar surface area (TPSA) is 609 Å². The molecule has 2 aliphatic rings. The summed E-state index contributed by atoms with van der Waals surface area (Å²) in [4.78, 5) is 268. The van der Waals surface area contributed by atoms with Gasteiger partial charge in [0.1, 0.15) is 72.5 Å². The lowest BCUT2D eigenvalue weighted by Gasteiger charge is -2.36. The standard InChI is InChI=1S/C90H127N23O18S/c1-10-12-30-70-83(125)102-61(29-21-35-96-90(93)94)79(121)108-69(73(115)33-34-74(91)116)48-132-49-77(119)101-65(38-53-23-15-14-16-24-53)86(128)110(7)52(5)78(120)104-67(42-75(92)117)88(130)113-36-22-32-71(113)84(126)103-63(41-56-45-95-50-99-56)81(123)105-64(37-51(3)4)85(127)109(6)46-76(118)100-62(39-54-43-97-59-27-19-17-25-57(54)59)80(122)107-68(47-114)82(124)106-66(40-55-44-98-60-28-20-18-26-58(55)60)87(129)112(9)72(31-13-11-2)89(131)111(70)8/h14-20,23-28,43-45,50-52,61-72,97-98,114H,10-13,21-22,29-42,46-49H2,1-9H3,(H2,91,116)(H2,92,117)(H,95,99)(H,100,118)(H,101,119)(H,102,125)(H,103,126)(H,104,120)(H,105,123)(H,106,124)(H,107,122)(H,108,121)(H4,93,94,96)/t52-,61-,62-,63-,64-,65-,66-,67-,68-,69-,70-,71-,72-/m0/s1. The van der Waals surface area contributed by atoms with Gasteiger partial charge in [-0.1, -0.05) is 120 Å². The van der Waals surface area contributed by atoms with E-state index in [4.69, 9.17) is 22.6 Å². The van der Waals surface area contributed by atoms with Crippen LogP contribution in [0.15, 0.2) is 104 Å². The number of Topliss-reactive ketones (excluding diaryl/α,β-unsaturated/α-hetero) is 1. The molecule has 0 bridgehead atoms. The molecule has 13 atom stereocenters. The fourth-order valence-corrected chi connectivity index (χ4v) is 16.8. The first-order valence-electron chi connectivity index (χ1n) is 44.5. The van der Waals surface area contributed by atoms with Gasteiger partial charge < -0.3 is 115 Å². The monoisotopic (exact) mass is 1850 g/mol.